The van der Waals surface area contributed by atoms with Gasteiger partial charge in [0, 0.05) is 34.5 Å². The fourth-order valence-electron chi connectivity index (χ4n) is 2.49. The maximum atomic E-state index is 13.4. The van der Waals surface area contributed by atoms with Gasteiger partial charge >= 0.3 is 0 Å². The molecular formula is C17H10F2N2O. The largest absolute Gasteiger partial charge is 0.472 e. The molecule has 0 aliphatic heterocycles. The van der Waals surface area contributed by atoms with Crippen LogP contribution in [0.5, 0.6) is 0 Å². The van der Waals surface area contributed by atoms with Gasteiger partial charge in [0.2, 0.25) is 0 Å². The average molecular weight is 296 g/mol. The van der Waals surface area contributed by atoms with Gasteiger partial charge in [-0.05, 0) is 29.8 Å². The van der Waals surface area contributed by atoms with Gasteiger partial charge in [-0.25, -0.2) is 13.8 Å². The van der Waals surface area contributed by atoms with Crippen LogP contribution in [-0.4, -0.2) is 9.97 Å². The molecule has 22 heavy (non-hydrogen) atoms. The van der Waals surface area contributed by atoms with Crippen LogP contribution in [0.4, 0.5) is 8.78 Å². The van der Waals surface area contributed by atoms with Crippen LogP contribution in [0, 0.1) is 11.6 Å². The Bertz CT molecular complexity index is 958. The standard InChI is InChI=1S/C17H10F2N2O/c18-15-2-1-10(6-16(15)19)12-5-13-14(11-3-4-22-9-11)8-21-17(13)20-7-12/h1-9H,(H,20,21). The quantitative estimate of drug-likeness (QED) is 0.579. The molecule has 0 saturated carbocycles. The molecule has 0 radical (unpaired) electrons. The molecule has 4 rings (SSSR count). The van der Waals surface area contributed by atoms with Gasteiger partial charge in [0.05, 0.1) is 12.5 Å². The van der Waals surface area contributed by atoms with Crippen molar-refractivity contribution in [2.45, 2.75) is 0 Å². The molecule has 0 fully saturated rings. The predicted molar refractivity (Wildman–Crippen MR) is 79.1 cm³/mol. The average Bonchev–Trinajstić information content (AvgIpc) is 3.17. The van der Waals surface area contributed by atoms with Crippen molar-refractivity contribution in [2.24, 2.45) is 0 Å². The van der Waals surface area contributed by atoms with Crippen molar-refractivity contribution in [3.05, 3.63) is 66.9 Å². The number of hydrogen-bond acceptors (Lipinski definition) is 2. The summed E-state index contributed by atoms with van der Waals surface area (Å²) < 4.78 is 31.6. The number of H-pyrrole nitrogens is 1. The maximum absolute atomic E-state index is 13.4. The zero-order chi connectivity index (χ0) is 15.1. The first kappa shape index (κ1) is 12.8. The number of pyridine rings is 1. The molecular weight excluding hydrogens is 286 g/mol. The van der Waals surface area contributed by atoms with Gasteiger partial charge in [-0.15, -0.1) is 0 Å². The number of halogens is 2. The third-order valence-corrected chi connectivity index (χ3v) is 3.62. The minimum absolute atomic E-state index is 0.577. The highest BCUT2D eigenvalue weighted by Crippen LogP contribution is 2.31. The third kappa shape index (κ3) is 1.98. The van der Waals surface area contributed by atoms with E-state index in [0.717, 1.165) is 33.8 Å². The summed E-state index contributed by atoms with van der Waals surface area (Å²) in [6.45, 7) is 0. The summed E-state index contributed by atoms with van der Waals surface area (Å²) in [5, 5.41) is 0.892. The number of nitrogens with one attached hydrogen (secondary N) is 1. The SMILES string of the molecule is Fc1ccc(-c2cnc3[nH]cc(-c4ccoc4)c3c2)cc1F. The molecule has 0 aliphatic carbocycles. The molecule has 108 valence electrons. The molecule has 0 atom stereocenters. The van der Waals surface area contributed by atoms with Crippen molar-refractivity contribution >= 4 is 11.0 Å². The van der Waals surface area contributed by atoms with E-state index in [-0.39, 0.29) is 0 Å². The van der Waals surface area contributed by atoms with E-state index >= 15 is 0 Å². The fourth-order valence-corrected chi connectivity index (χ4v) is 2.49. The van der Waals surface area contributed by atoms with Crippen LogP contribution in [0.1, 0.15) is 0 Å². The number of rotatable bonds is 2. The van der Waals surface area contributed by atoms with E-state index in [1.165, 1.54) is 12.1 Å². The number of furan rings is 1. The van der Waals surface area contributed by atoms with Crippen LogP contribution < -0.4 is 0 Å². The van der Waals surface area contributed by atoms with Crippen molar-refractivity contribution in [3.63, 3.8) is 0 Å². The zero-order valence-corrected chi connectivity index (χ0v) is 11.3. The van der Waals surface area contributed by atoms with Gasteiger partial charge in [0.25, 0.3) is 0 Å². The Labute approximate surface area is 124 Å². The minimum Gasteiger partial charge on any atom is -0.472 e. The lowest BCUT2D eigenvalue weighted by Gasteiger charge is -2.03. The van der Waals surface area contributed by atoms with E-state index in [1.54, 1.807) is 18.7 Å². The van der Waals surface area contributed by atoms with Crippen LogP contribution in [0.2, 0.25) is 0 Å². The summed E-state index contributed by atoms with van der Waals surface area (Å²) in [6, 6.07) is 7.57. The first-order valence-electron chi connectivity index (χ1n) is 6.67. The Kier molecular flexibility index (Phi) is 2.79. The third-order valence-electron chi connectivity index (χ3n) is 3.62. The highest BCUT2D eigenvalue weighted by Gasteiger charge is 2.11. The Morgan fingerprint density at radius 1 is 0.955 bits per heavy atom. The van der Waals surface area contributed by atoms with E-state index in [9.17, 15) is 8.78 Å². The molecule has 0 aliphatic rings. The molecule has 0 bridgehead atoms. The van der Waals surface area contributed by atoms with Crippen molar-refractivity contribution in [2.75, 3.05) is 0 Å². The van der Waals surface area contributed by atoms with Gasteiger partial charge in [-0.2, -0.15) is 0 Å². The normalized spacial score (nSPS) is 11.2. The molecule has 0 spiro atoms. The minimum atomic E-state index is -0.873. The summed E-state index contributed by atoms with van der Waals surface area (Å²) in [7, 11) is 0. The van der Waals surface area contributed by atoms with Crippen LogP contribution in [0.15, 0.2) is 59.7 Å². The molecule has 0 amide bonds. The maximum Gasteiger partial charge on any atom is 0.159 e. The van der Waals surface area contributed by atoms with Crippen LogP contribution in [0.25, 0.3) is 33.3 Å². The molecule has 5 heteroatoms. The summed E-state index contributed by atoms with van der Waals surface area (Å²) in [6.07, 6.45) is 6.72. The van der Waals surface area contributed by atoms with Crippen molar-refractivity contribution in [1.82, 2.24) is 9.97 Å². The fraction of sp³-hybridized carbons (Fsp3) is 0. The molecule has 3 nitrogen and oxygen atoms in total. The van der Waals surface area contributed by atoms with E-state index < -0.39 is 11.6 Å². The van der Waals surface area contributed by atoms with Crippen LogP contribution >= 0.6 is 0 Å². The molecule has 3 aromatic heterocycles. The number of fused-ring (bicyclic) bond motifs is 1. The summed E-state index contributed by atoms with van der Waals surface area (Å²) >= 11 is 0. The Morgan fingerprint density at radius 3 is 2.64 bits per heavy atom. The second-order valence-electron chi connectivity index (χ2n) is 4.96. The highest BCUT2D eigenvalue weighted by atomic mass is 19.2. The lowest BCUT2D eigenvalue weighted by atomic mass is 10.0. The smallest absolute Gasteiger partial charge is 0.159 e. The lowest BCUT2D eigenvalue weighted by molar-refractivity contribution is 0.509. The van der Waals surface area contributed by atoms with Gasteiger partial charge in [-0.3, -0.25) is 0 Å². The second kappa shape index (κ2) is 4.80. The topological polar surface area (TPSA) is 41.8 Å². The van der Waals surface area contributed by atoms with Crippen molar-refractivity contribution in [3.8, 4) is 22.3 Å². The number of benzene rings is 1. The Balaban J connectivity index is 1.89. The van der Waals surface area contributed by atoms with E-state index in [4.69, 9.17) is 4.42 Å². The summed E-state index contributed by atoms with van der Waals surface area (Å²) in [5.41, 5.74) is 3.89. The number of aromatic nitrogens is 2. The van der Waals surface area contributed by atoms with Crippen molar-refractivity contribution in [1.29, 1.82) is 0 Å². The molecule has 3 heterocycles. The van der Waals surface area contributed by atoms with Crippen LogP contribution in [0.3, 0.4) is 0 Å². The highest BCUT2D eigenvalue weighted by molar-refractivity contribution is 5.95. The molecule has 1 aromatic carbocycles. The number of hydrogen-bond donors (Lipinski definition) is 1. The number of aromatic amines is 1. The lowest BCUT2D eigenvalue weighted by Crippen LogP contribution is -1.87. The van der Waals surface area contributed by atoms with Gasteiger partial charge in [-0.1, -0.05) is 6.07 Å². The molecule has 0 saturated heterocycles. The van der Waals surface area contributed by atoms with Gasteiger partial charge in [0.15, 0.2) is 11.6 Å². The zero-order valence-electron chi connectivity index (χ0n) is 11.3. The first-order valence-corrected chi connectivity index (χ1v) is 6.67. The van der Waals surface area contributed by atoms with Gasteiger partial charge < -0.3 is 9.40 Å². The Hall–Kier alpha value is -2.95. The predicted octanol–water partition coefficient (Wildman–Crippen LogP) is 4.77. The van der Waals surface area contributed by atoms with Crippen molar-refractivity contribution < 1.29 is 13.2 Å². The second-order valence-corrected chi connectivity index (χ2v) is 4.96. The van der Waals surface area contributed by atoms with Crippen LogP contribution in [-0.2, 0) is 0 Å². The monoisotopic (exact) mass is 296 g/mol. The molecule has 1 N–H and O–H groups in total. The van der Waals surface area contributed by atoms with Gasteiger partial charge in [0.1, 0.15) is 5.65 Å². The van der Waals surface area contributed by atoms with E-state index in [1.807, 2.05) is 18.3 Å². The molecule has 4 aromatic rings. The molecule has 0 unspecified atom stereocenters. The summed E-state index contributed by atoms with van der Waals surface area (Å²) in [4.78, 5) is 7.43. The Morgan fingerprint density at radius 2 is 1.86 bits per heavy atom. The first-order chi connectivity index (χ1) is 10.7. The summed E-state index contributed by atoms with van der Waals surface area (Å²) in [5.74, 6) is -1.74. The van der Waals surface area contributed by atoms with E-state index in [0.29, 0.717) is 5.56 Å². The van der Waals surface area contributed by atoms with E-state index in [2.05, 4.69) is 9.97 Å². The number of nitrogens with zero attached hydrogens (tertiary/aromatic N) is 1.